The average molecular weight is 500 g/mol. The summed E-state index contributed by atoms with van der Waals surface area (Å²) in [6.45, 7) is 1.99. The Kier molecular flexibility index (Phi) is 4.88. The van der Waals surface area contributed by atoms with Crippen molar-refractivity contribution in [2.45, 2.75) is 13.0 Å². The summed E-state index contributed by atoms with van der Waals surface area (Å²) in [5.74, 6) is 0.572. The van der Waals surface area contributed by atoms with Gasteiger partial charge in [0.2, 0.25) is 0 Å². The number of aryl methyl sites for hydroxylation is 2. The third kappa shape index (κ3) is 2.99. The number of ether oxygens (including phenoxy) is 1. The van der Waals surface area contributed by atoms with Gasteiger partial charge in [-0.15, -0.1) is 0 Å². The van der Waals surface area contributed by atoms with E-state index >= 15 is 0 Å². The minimum Gasteiger partial charge on any atom is -0.508 e. The Morgan fingerprint density at radius 3 is 2.44 bits per heavy atom. The van der Waals surface area contributed by atoms with Gasteiger partial charge in [-0.2, -0.15) is 0 Å². The predicted molar refractivity (Wildman–Crippen MR) is 140 cm³/mol. The van der Waals surface area contributed by atoms with E-state index in [2.05, 4.69) is 0 Å². The van der Waals surface area contributed by atoms with E-state index in [1.807, 2.05) is 60.0 Å². The van der Waals surface area contributed by atoms with Gasteiger partial charge in [0.05, 0.1) is 28.0 Å². The summed E-state index contributed by atoms with van der Waals surface area (Å²) in [4.78, 5) is 26.8. The number of para-hydroxylation sites is 2. The van der Waals surface area contributed by atoms with Gasteiger partial charge < -0.3 is 14.4 Å². The highest BCUT2D eigenvalue weighted by atomic mass is 35.5. The van der Waals surface area contributed by atoms with Crippen LogP contribution in [0.2, 0.25) is 5.02 Å². The Bertz CT molecular complexity index is 1830. The van der Waals surface area contributed by atoms with Gasteiger partial charge in [-0.1, -0.05) is 48.0 Å². The van der Waals surface area contributed by atoms with E-state index in [9.17, 15) is 14.7 Å². The molecule has 0 fully saturated rings. The molecule has 0 bridgehead atoms. The van der Waals surface area contributed by atoms with E-state index in [1.54, 1.807) is 19.2 Å². The second kappa shape index (κ2) is 7.90. The number of rotatable bonds is 2. The molecule has 36 heavy (non-hydrogen) atoms. The molecule has 0 radical (unpaired) electrons. The summed E-state index contributed by atoms with van der Waals surface area (Å²) >= 11 is 6.32. The van der Waals surface area contributed by atoms with Gasteiger partial charge in [-0.25, -0.2) is 4.79 Å². The van der Waals surface area contributed by atoms with Crippen LogP contribution in [-0.2, 0) is 14.1 Å². The molecule has 180 valence electrons. The molecule has 0 saturated heterocycles. The molecule has 0 amide bonds. The van der Waals surface area contributed by atoms with Crippen LogP contribution in [0.4, 0.5) is 0 Å². The van der Waals surface area contributed by atoms with E-state index in [1.165, 1.54) is 17.7 Å². The Balaban J connectivity index is 1.90. The standard InChI is InChI=1S/C28H22ClN3O4/c1-15-8-4-5-9-17(15)23-22-24(30(2)28(35)31(3)27(22)34)25-26(18-14-16(29)12-13-20(18)33)36-21-11-7-6-10-19(21)32(23)25/h4-14,26,33H,1-3H3/t26-/m0/s1. The molecule has 5 aromatic rings. The lowest BCUT2D eigenvalue weighted by atomic mass is 10.0. The third-order valence-electron chi connectivity index (χ3n) is 6.88. The Labute approximate surface area is 211 Å². The van der Waals surface area contributed by atoms with Crippen molar-refractivity contribution in [3.05, 3.63) is 109 Å². The predicted octanol–water partition coefficient (Wildman–Crippen LogP) is 4.84. The number of fused-ring (bicyclic) bond motifs is 5. The molecule has 0 spiro atoms. The van der Waals surface area contributed by atoms with Gasteiger partial charge in [-0.05, 0) is 42.8 Å². The van der Waals surface area contributed by atoms with Crippen molar-refractivity contribution in [1.82, 2.24) is 13.7 Å². The van der Waals surface area contributed by atoms with Gasteiger partial charge in [0.15, 0.2) is 6.10 Å². The summed E-state index contributed by atoms with van der Waals surface area (Å²) in [7, 11) is 3.12. The van der Waals surface area contributed by atoms with Gasteiger partial charge in [0.25, 0.3) is 5.56 Å². The van der Waals surface area contributed by atoms with Crippen molar-refractivity contribution in [3.63, 3.8) is 0 Å². The number of aromatic hydroxyl groups is 1. The number of hydrogen-bond acceptors (Lipinski definition) is 4. The van der Waals surface area contributed by atoms with Crippen LogP contribution in [0.5, 0.6) is 11.5 Å². The molecule has 7 nitrogen and oxygen atoms in total. The first kappa shape index (κ1) is 22.2. The number of nitrogens with zero attached hydrogens (tertiary/aromatic N) is 3. The molecule has 1 aliphatic heterocycles. The molecule has 1 N–H and O–H groups in total. The SMILES string of the molecule is Cc1ccccc1-c1c2c(=O)n(C)c(=O)n(C)c2c2n1-c1ccccc1O[C@H]2c1cc(Cl)ccc1O. The zero-order valence-electron chi connectivity index (χ0n) is 19.8. The lowest BCUT2D eigenvalue weighted by molar-refractivity contribution is 0.224. The fraction of sp³-hybridized carbons (Fsp3) is 0.143. The molecule has 0 aliphatic carbocycles. The molecule has 2 aromatic heterocycles. The number of benzene rings is 3. The highest BCUT2D eigenvalue weighted by molar-refractivity contribution is 6.30. The first-order chi connectivity index (χ1) is 17.3. The molecule has 1 aliphatic rings. The van der Waals surface area contributed by atoms with Gasteiger partial charge in [0.1, 0.15) is 11.5 Å². The minimum absolute atomic E-state index is 0.00374. The highest BCUT2D eigenvalue weighted by Gasteiger charge is 2.37. The summed E-state index contributed by atoms with van der Waals surface area (Å²) < 4.78 is 11.0. The van der Waals surface area contributed by atoms with Crippen LogP contribution in [-0.4, -0.2) is 18.8 Å². The fourth-order valence-electron chi connectivity index (χ4n) is 5.15. The third-order valence-corrected chi connectivity index (χ3v) is 7.12. The van der Waals surface area contributed by atoms with Crippen LogP contribution in [0.15, 0.2) is 76.3 Å². The first-order valence-corrected chi connectivity index (χ1v) is 11.8. The molecular weight excluding hydrogens is 478 g/mol. The van der Waals surface area contributed by atoms with Crippen LogP contribution < -0.4 is 16.0 Å². The van der Waals surface area contributed by atoms with Crippen molar-refractivity contribution in [2.24, 2.45) is 14.1 Å². The van der Waals surface area contributed by atoms with Crippen LogP contribution in [0, 0.1) is 6.92 Å². The Hall–Kier alpha value is -4.23. The normalized spacial score (nSPS) is 14.4. The van der Waals surface area contributed by atoms with E-state index < -0.39 is 17.4 Å². The molecule has 0 saturated carbocycles. The highest BCUT2D eigenvalue weighted by Crippen LogP contribution is 2.48. The lowest BCUT2D eigenvalue weighted by Crippen LogP contribution is -2.37. The summed E-state index contributed by atoms with van der Waals surface area (Å²) in [6, 6.07) is 20.1. The van der Waals surface area contributed by atoms with Gasteiger partial charge in [-0.3, -0.25) is 13.9 Å². The van der Waals surface area contributed by atoms with Crippen LogP contribution in [0.25, 0.3) is 27.8 Å². The second-order valence-corrected chi connectivity index (χ2v) is 9.42. The van der Waals surface area contributed by atoms with E-state index in [4.69, 9.17) is 16.3 Å². The molecule has 1 atom stereocenters. The second-order valence-electron chi connectivity index (χ2n) is 8.98. The van der Waals surface area contributed by atoms with Crippen LogP contribution in [0.1, 0.15) is 22.9 Å². The zero-order valence-corrected chi connectivity index (χ0v) is 20.6. The van der Waals surface area contributed by atoms with Crippen molar-refractivity contribution in [3.8, 4) is 28.4 Å². The lowest BCUT2D eigenvalue weighted by Gasteiger charge is -2.30. The molecule has 8 heteroatoms. The molecular formula is C28H22ClN3O4. The van der Waals surface area contributed by atoms with Crippen molar-refractivity contribution in [1.29, 1.82) is 0 Å². The Morgan fingerprint density at radius 2 is 1.67 bits per heavy atom. The van der Waals surface area contributed by atoms with Gasteiger partial charge >= 0.3 is 5.69 Å². The summed E-state index contributed by atoms with van der Waals surface area (Å²) in [5.41, 5.74) is 3.81. The monoisotopic (exact) mass is 499 g/mol. The average Bonchev–Trinajstić information content (AvgIpc) is 3.24. The topological polar surface area (TPSA) is 78.4 Å². The Morgan fingerprint density at radius 1 is 0.944 bits per heavy atom. The first-order valence-electron chi connectivity index (χ1n) is 11.4. The molecule has 0 unspecified atom stereocenters. The number of phenols is 1. The minimum atomic E-state index is -0.837. The number of hydrogen-bond donors (Lipinski definition) is 1. The van der Waals surface area contributed by atoms with Crippen molar-refractivity contribution >= 4 is 22.5 Å². The maximum atomic E-state index is 13.7. The quantitative estimate of drug-likeness (QED) is 0.377. The molecule has 3 aromatic carbocycles. The summed E-state index contributed by atoms with van der Waals surface area (Å²) in [6.07, 6.45) is -0.837. The number of aromatic nitrogens is 3. The smallest absolute Gasteiger partial charge is 0.331 e. The molecule has 3 heterocycles. The molecule has 6 rings (SSSR count). The maximum Gasteiger partial charge on any atom is 0.331 e. The van der Waals surface area contributed by atoms with Crippen molar-refractivity contribution < 1.29 is 9.84 Å². The number of phenolic OH excluding ortho intramolecular Hbond substituents is 1. The van der Waals surface area contributed by atoms with Crippen molar-refractivity contribution in [2.75, 3.05) is 0 Å². The van der Waals surface area contributed by atoms with E-state index in [0.29, 0.717) is 38.6 Å². The zero-order chi connectivity index (χ0) is 25.3. The largest absolute Gasteiger partial charge is 0.508 e. The number of halogens is 1. The van der Waals surface area contributed by atoms with E-state index in [0.717, 1.165) is 21.4 Å². The van der Waals surface area contributed by atoms with Gasteiger partial charge in [0, 0.05) is 30.2 Å². The maximum absolute atomic E-state index is 13.7. The van der Waals surface area contributed by atoms with Crippen LogP contribution in [0.3, 0.4) is 0 Å². The van der Waals surface area contributed by atoms with E-state index in [-0.39, 0.29) is 5.75 Å². The fourth-order valence-corrected chi connectivity index (χ4v) is 5.33. The van der Waals surface area contributed by atoms with Crippen LogP contribution >= 0.6 is 11.6 Å². The summed E-state index contributed by atoms with van der Waals surface area (Å²) in [5, 5.41) is 11.7.